The largest absolute Gasteiger partial charge is 0.377 e. The van der Waals surface area contributed by atoms with Crippen LogP contribution in [-0.4, -0.2) is 51.6 Å². The number of anilines is 2. The Hall–Kier alpha value is -4.14. The molecule has 0 heterocycles. The van der Waals surface area contributed by atoms with Crippen molar-refractivity contribution >= 4 is 45.0 Å². The standard InChI is InChI=1S/C28H30N4O4/c33-27(31-25-13-5-9-21-7-1-3-11-23(21)25)29-15-17-35-19-20-36-18-16-30-28(34)32-26-14-6-10-22-8-2-4-12-24(22)26/h1-14H,15-20H2,(H2,29,31,33)(H2,30,32,34). The SMILES string of the molecule is O=C(NCCOCCOCCNC(=O)Nc1cccc2ccccc12)Nc1cccc2ccccc12. The molecule has 8 nitrogen and oxygen atoms in total. The fourth-order valence-electron chi connectivity index (χ4n) is 3.80. The Morgan fingerprint density at radius 3 is 1.42 bits per heavy atom. The van der Waals surface area contributed by atoms with Crippen LogP contribution in [0.5, 0.6) is 0 Å². The van der Waals surface area contributed by atoms with Crippen molar-refractivity contribution < 1.29 is 19.1 Å². The highest BCUT2D eigenvalue weighted by atomic mass is 16.5. The maximum absolute atomic E-state index is 12.2. The molecule has 0 aliphatic carbocycles. The topological polar surface area (TPSA) is 101 Å². The normalized spacial score (nSPS) is 10.8. The Morgan fingerprint density at radius 1 is 0.528 bits per heavy atom. The minimum atomic E-state index is -0.279. The molecule has 8 heteroatoms. The summed E-state index contributed by atoms with van der Waals surface area (Å²) in [6.45, 7) is 2.30. The maximum Gasteiger partial charge on any atom is 0.319 e. The third-order valence-corrected chi connectivity index (χ3v) is 5.51. The van der Waals surface area contributed by atoms with Crippen molar-refractivity contribution in [2.75, 3.05) is 50.2 Å². The van der Waals surface area contributed by atoms with E-state index in [1.165, 1.54) is 0 Å². The molecule has 0 radical (unpaired) electrons. The Labute approximate surface area is 210 Å². The first-order valence-corrected chi connectivity index (χ1v) is 11.9. The summed E-state index contributed by atoms with van der Waals surface area (Å²) in [7, 11) is 0. The molecular weight excluding hydrogens is 456 g/mol. The van der Waals surface area contributed by atoms with Gasteiger partial charge < -0.3 is 30.7 Å². The van der Waals surface area contributed by atoms with Crippen molar-refractivity contribution in [1.82, 2.24) is 10.6 Å². The van der Waals surface area contributed by atoms with Gasteiger partial charge in [-0.15, -0.1) is 0 Å². The summed E-state index contributed by atoms with van der Waals surface area (Å²) < 4.78 is 11.0. The number of nitrogens with one attached hydrogen (secondary N) is 4. The third kappa shape index (κ3) is 7.18. The molecule has 0 aromatic heterocycles. The summed E-state index contributed by atoms with van der Waals surface area (Å²) in [5.41, 5.74) is 1.53. The lowest BCUT2D eigenvalue weighted by molar-refractivity contribution is 0.0512. The van der Waals surface area contributed by atoms with Gasteiger partial charge in [0.25, 0.3) is 0 Å². The van der Waals surface area contributed by atoms with E-state index in [0.717, 1.165) is 32.9 Å². The molecule has 4 amide bonds. The lowest BCUT2D eigenvalue weighted by Crippen LogP contribution is -2.32. The Kier molecular flexibility index (Phi) is 9.07. The molecule has 0 spiro atoms. The minimum Gasteiger partial charge on any atom is -0.377 e. The Morgan fingerprint density at radius 2 is 0.944 bits per heavy atom. The number of amides is 4. The second-order valence-electron chi connectivity index (χ2n) is 8.04. The molecule has 0 fully saturated rings. The highest BCUT2D eigenvalue weighted by Crippen LogP contribution is 2.23. The van der Waals surface area contributed by atoms with Crippen molar-refractivity contribution in [2.45, 2.75) is 0 Å². The predicted octanol–water partition coefficient (Wildman–Crippen LogP) is 4.97. The van der Waals surface area contributed by atoms with Crippen LogP contribution in [0.4, 0.5) is 21.0 Å². The summed E-state index contributed by atoms with van der Waals surface area (Å²) in [6, 6.07) is 26.8. The van der Waals surface area contributed by atoms with Gasteiger partial charge in [0, 0.05) is 23.9 Å². The molecule has 36 heavy (non-hydrogen) atoms. The van der Waals surface area contributed by atoms with E-state index < -0.39 is 0 Å². The van der Waals surface area contributed by atoms with Gasteiger partial charge in [-0.05, 0) is 22.9 Å². The van der Waals surface area contributed by atoms with Crippen LogP contribution in [0, 0.1) is 0 Å². The zero-order valence-electron chi connectivity index (χ0n) is 20.0. The van der Waals surface area contributed by atoms with Crippen LogP contribution < -0.4 is 21.3 Å². The van der Waals surface area contributed by atoms with E-state index in [9.17, 15) is 9.59 Å². The molecule has 0 saturated carbocycles. The molecule has 0 aliphatic heterocycles. The zero-order valence-corrected chi connectivity index (χ0v) is 20.0. The lowest BCUT2D eigenvalue weighted by atomic mass is 10.1. The summed E-state index contributed by atoms with van der Waals surface area (Å²) in [5.74, 6) is 0. The van der Waals surface area contributed by atoms with Gasteiger partial charge in [0.2, 0.25) is 0 Å². The van der Waals surface area contributed by atoms with E-state index in [1.54, 1.807) is 0 Å². The molecule has 186 valence electrons. The van der Waals surface area contributed by atoms with Gasteiger partial charge in [-0.2, -0.15) is 0 Å². The van der Waals surface area contributed by atoms with Crippen LogP contribution in [0.15, 0.2) is 84.9 Å². The molecule has 0 bridgehead atoms. The molecule has 4 N–H and O–H groups in total. The van der Waals surface area contributed by atoms with Gasteiger partial charge in [-0.25, -0.2) is 9.59 Å². The molecule has 0 aliphatic rings. The zero-order chi connectivity index (χ0) is 25.0. The summed E-state index contributed by atoms with van der Waals surface area (Å²) in [4.78, 5) is 24.3. The second kappa shape index (κ2) is 13.1. The van der Waals surface area contributed by atoms with E-state index in [-0.39, 0.29) is 12.1 Å². The van der Waals surface area contributed by atoms with E-state index >= 15 is 0 Å². The smallest absolute Gasteiger partial charge is 0.319 e. The minimum absolute atomic E-state index is 0.279. The van der Waals surface area contributed by atoms with E-state index in [1.807, 2.05) is 84.9 Å². The quantitative estimate of drug-likeness (QED) is 0.225. The van der Waals surface area contributed by atoms with Gasteiger partial charge in [-0.1, -0.05) is 72.8 Å². The molecule has 0 atom stereocenters. The fourth-order valence-corrected chi connectivity index (χ4v) is 3.80. The number of carbonyl (C=O) groups excluding carboxylic acids is 2. The average Bonchev–Trinajstić information content (AvgIpc) is 2.90. The van der Waals surface area contributed by atoms with Crippen LogP contribution in [-0.2, 0) is 9.47 Å². The number of benzene rings is 4. The first-order chi connectivity index (χ1) is 17.7. The molecule has 4 aromatic carbocycles. The van der Waals surface area contributed by atoms with Gasteiger partial charge in [0.15, 0.2) is 0 Å². The van der Waals surface area contributed by atoms with Gasteiger partial charge in [0.05, 0.1) is 37.8 Å². The van der Waals surface area contributed by atoms with Gasteiger partial charge >= 0.3 is 12.1 Å². The van der Waals surface area contributed by atoms with Crippen LogP contribution in [0.1, 0.15) is 0 Å². The highest BCUT2D eigenvalue weighted by Gasteiger charge is 2.06. The molecule has 0 unspecified atom stereocenters. The second-order valence-corrected chi connectivity index (χ2v) is 8.04. The highest BCUT2D eigenvalue weighted by molar-refractivity contribution is 6.02. The summed E-state index contributed by atoms with van der Waals surface area (Å²) in [6.07, 6.45) is 0. The number of urea groups is 2. The monoisotopic (exact) mass is 486 g/mol. The molecule has 0 saturated heterocycles. The average molecular weight is 487 g/mol. The van der Waals surface area contributed by atoms with Crippen LogP contribution in [0.2, 0.25) is 0 Å². The molecule has 4 rings (SSSR count). The number of hydrogen-bond donors (Lipinski definition) is 4. The molecule has 4 aromatic rings. The van der Waals surface area contributed by atoms with Crippen molar-refractivity contribution in [3.63, 3.8) is 0 Å². The first kappa shape index (κ1) is 25.0. The van der Waals surface area contributed by atoms with Crippen LogP contribution in [0.25, 0.3) is 21.5 Å². The van der Waals surface area contributed by atoms with E-state index in [0.29, 0.717) is 39.5 Å². The Balaban J connectivity index is 1.03. The third-order valence-electron chi connectivity index (χ3n) is 5.51. The number of rotatable bonds is 11. The summed E-state index contributed by atoms with van der Waals surface area (Å²) >= 11 is 0. The van der Waals surface area contributed by atoms with E-state index in [2.05, 4.69) is 21.3 Å². The summed E-state index contributed by atoms with van der Waals surface area (Å²) in [5, 5.41) is 15.4. The predicted molar refractivity (Wildman–Crippen MR) is 144 cm³/mol. The number of hydrogen-bond acceptors (Lipinski definition) is 4. The number of ether oxygens (including phenoxy) is 2. The van der Waals surface area contributed by atoms with Crippen molar-refractivity contribution in [1.29, 1.82) is 0 Å². The van der Waals surface area contributed by atoms with Crippen molar-refractivity contribution in [3.05, 3.63) is 84.9 Å². The van der Waals surface area contributed by atoms with Crippen LogP contribution >= 0.6 is 0 Å². The van der Waals surface area contributed by atoms with Crippen LogP contribution in [0.3, 0.4) is 0 Å². The fraction of sp³-hybridized carbons (Fsp3) is 0.214. The van der Waals surface area contributed by atoms with Gasteiger partial charge in [0.1, 0.15) is 0 Å². The van der Waals surface area contributed by atoms with Crippen molar-refractivity contribution in [3.8, 4) is 0 Å². The molecular formula is C28H30N4O4. The van der Waals surface area contributed by atoms with Crippen molar-refractivity contribution in [2.24, 2.45) is 0 Å². The first-order valence-electron chi connectivity index (χ1n) is 11.9. The Bertz CT molecular complexity index is 1200. The maximum atomic E-state index is 12.2. The van der Waals surface area contributed by atoms with E-state index in [4.69, 9.17) is 9.47 Å². The van der Waals surface area contributed by atoms with Gasteiger partial charge in [-0.3, -0.25) is 0 Å². The number of fused-ring (bicyclic) bond motifs is 2. The number of carbonyl (C=O) groups is 2. The lowest BCUT2D eigenvalue weighted by Gasteiger charge is -2.11.